The molecule has 0 bridgehead atoms. The van der Waals surface area contributed by atoms with E-state index in [0.717, 1.165) is 11.1 Å². The lowest BCUT2D eigenvalue weighted by Crippen LogP contribution is -1.90. The summed E-state index contributed by atoms with van der Waals surface area (Å²) in [6.07, 6.45) is 0. The van der Waals surface area contributed by atoms with E-state index in [-0.39, 0.29) is 5.78 Å². The van der Waals surface area contributed by atoms with E-state index in [1.807, 2.05) is 30.3 Å². The van der Waals surface area contributed by atoms with Crippen LogP contribution >= 0.6 is 0 Å². The molecular weight excluding hydrogens is 226 g/mol. The third-order valence-corrected chi connectivity index (χ3v) is 2.66. The van der Waals surface area contributed by atoms with Gasteiger partial charge in [0.25, 0.3) is 0 Å². The molecule has 0 heterocycles. The fraction of sp³-hybridized carbons (Fsp3) is 0.0714. The third kappa shape index (κ3) is 2.39. The van der Waals surface area contributed by atoms with Crippen LogP contribution in [0.5, 0.6) is 0 Å². The Bertz CT molecular complexity index is 626. The maximum absolute atomic E-state index is 11.2. The summed E-state index contributed by atoms with van der Waals surface area (Å²) in [5.74, 6) is 0.0323. The van der Waals surface area contributed by atoms with E-state index in [2.05, 4.69) is 10.0 Å². The molecule has 0 saturated heterocycles. The van der Waals surface area contributed by atoms with Gasteiger partial charge in [-0.3, -0.25) is 4.79 Å². The van der Waals surface area contributed by atoms with E-state index in [1.54, 1.807) is 18.2 Å². The van der Waals surface area contributed by atoms with Crippen molar-refractivity contribution in [2.45, 2.75) is 6.92 Å². The number of ketones is 1. The van der Waals surface area contributed by atoms with Crippen molar-refractivity contribution in [2.24, 2.45) is 5.11 Å². The Balaban J connectivity index is 2.48. The summed E-state index contributed by atoms with van der Waals surface area (Å²) in [5, 5.41) is 3.65. The Labute approximate surface area is 105 Å². The molecule has 2 rings (SSSR count). The molecule has 18 heavy (non-hydrogen) atoms. The SMILES string of the molecule is CC(=O)c1ccc(-c2ccccc2N=[N+]=[N-])cc1. The van der Waals surface area contributed by atoms with Crippen molar-refractivity contribution in [2.75, 3.05) is 0 Å². The van der Waals surface area contributed by atoms with E-state index in [4.69, 9.17) is 5.53 Å². The summed E-state index contributed by atoms with van der Waals surface area (Å²) < 4.78 is 0. The molecule has 0 amide bonds. The van der Waals surface area contributed by atoms with Crippen LogP contribution in [0.2, 0.25) is 0 Å². The number of benzene rings is 2. The molecule has 0 aliphatic rings. The second-order valence-corrected chi connectivity index (χ2v) is 3.84. The van der Waals surface area contributed by atoms with E-state index < -0.39 is 0 Å². The largest absolute Gasteiger partial charge is 0.295 e. The fourth-order valence-corrected chi connectivity index (χ4v) is 1.74. The topological polar surface area (TPSA) is 65.8 Å². The second kappa shape index (κ2) is 5.17. The van der Waals surface area contributed by atoms with Gasteiger partial charge < -0.3 is 0 Å². The Hall–Kier alpha value is -2.58. The minimum atomic E-state index is 0.0323. The normalized spacial score (nSPS) is 9.61. The zero-order chi connectivity index (χ0) is 13.0. The molecule has 88 valence electrons. The van der Waals surface area contributed by atoms with Crippen LogP contribution in [-0.4, -0.2) is 5.78 Å². The van der Waals surface area contributed by atoms with Gasteiger partial charge in [-0.25, -0.2) is 0 Å². The van der Waals surface area contributed by atoms with Gasteiger partial charge in [-0.1, -0.05) is 53.6 Å². The summed E-state index contributed by atoms with van der Waals surface area (Å²) in [7, 11) is 0. The van der Waals surface area contributed by atoms with Gasteiger partial charge in [0, 0.05) is 16.2 Å². The van der Waals surface area contributed by atoms with Gasteiger partial charge in [-0.15, -0.1) is 0 Å². The molecule has 0 unspecified atom stereocenters. The molecule has 4 nitrogen and oxygen atoms in total. The summed E-state index contributed by atoms with van der Waals surface area (Å²) in [5.41, 5.74) is 11.5. The molecule has 0 atom stereocenters. The Kier molecular flexibility index (Phi) is 3.41. The maximum atomic E-state index is 11.2. The first kappa shape index (κ1) is 11.9. The summed E-state index contributed by atoms with van der Waals surface area (Å²) in [6.45, 7) is 1.53. The van der Waals surface area contributed by atoms with E-state index >= 15 is 0 Å². The lowest BCUT2D eigenvalue weighted by Gasteiger charge is -2.05. The van der Waals surface area contributed by atoms with Gasteiger partial charge in [0.05, 0.1) is 0 Å². The first-order valence-corrected chi connectivity index (χ1v) is 5.48. The molecule has 0 aliphatic heterocycles. The van der Waals surface area contributed by atoms with Gasteiger partial charge in [0.2, 0.25) is 0 Å². The highest BCUT2D eigenvalue weighted by molar-refractivity contribution is 5.94. The van der Waals surface area contributed by atoms with Crippen molar-refractivity contribution in [3.05, 3.63) is 64.5 Å². The number of hydrogen-bond acceptors (Lipinski definition) is 2. The Morgan fingerprint density at radius 3 is 2.39 bits per heavy atom. The molecule has 0 fully saturated rings. The smallest absolute Gasteiger partial charge is 0.159 e. The monoisotopic (exact) mass is 237 g/mol. The van der Waals surface area contributed by atoms with Gasteiger partial charge in [0.1, 0.15) is 0 Å². The zero-order valence-electron chi connectivity index (χ0n) is 9.87. The van der Waals surface area contributed by atoms with E-state index in [1.165, 1.54) is 6.92 Å². The maximum Gasteiger partial charge on any atom is 0.159 e. The molecule has 2 aromatic rings. The molecule has 2 aromatic carbocycles. The van der Waals surface area contributed by atoms with Crippen LogP contribution in [0.4, 0.5) is 5.69 Å². The van der Waals surface area contributed by atoms with Crippen LogP contribution in [0.25, 0.3) is 21.6 Å². The minimum Gasteiger partial charge on any atom is -0.295 e. The Morgan fingerprint density at radius 1 is 1.11 bits per heavy atom. The molecule has 0 aromatic heterocycles. The number of carbonyl (C=O) groups is 1. The highest BCUT2D eigenvalue weighted by Gasteiger charge is 2.04. The number of hydrogen-bond donors (Lipinski definition) is 0. The van der Waals surface area contributed by atoms with Crippen LogP contribution in [0.1, 0.15) is 17.3 Å². The van der Waals surface area contributed by atoms with Gasteiger partial charge in [-0.2, -0.15) is 0 Å². The van der Waals surface area contributed by atoms with Crippen LogP contribution in [0.15, 0.2) is 53.6 Å². The van der Waals surface area contributed by atoms with Gasteiger partial charge in [0.15, 0.2) is 5.78 Å². The van der Waals surface area contributed by atoms with Gasteiger partial charge in [-0.05, 0) is 23.6 Å². The number of rotatable bonds is 3. The first-order chi connectivity index (χ1) is 8.72. The first-order valence-electron chi connectivity index (χ1n) is 5.48. The second-order valence-electron chi connectivity index (χ2n) is 3.84. The van der Waals surface area contributed by atoms with Crippen LogP contribution in [-0.2, 0) is 0 Å². The molecule has 0 radical (unpaired) electrons. The van der Waals surface area contributed by atoms with Crippen molar-refractivity contribution < 1.29 is 4.79 Å². The van der Waals surface area contributed by atoms with E-state index in [0.29, 0.717) is 11.3 Å². The predicted octanol–water partition coefficient (Wildman–Crippen LogP) is 4.50. The lowest BCUT2D eigenvalue weighted by atomic mass is 10.0. The molecule has 0 N–H and O–H groups in total. The highest BCUT2D eigenvalue weighted by Crippen LogP contribution is 2.30. The minimum absolute atomic E-state index is 0.0323. The van der Waals surface area contributed by atoms with Crippen molar-refractivity contribution in [3.8, 4) is 11.1 Å². The van der Waals surface area contributed by atoms with E-state index in [9.17, 15) is 4.79 Å². The lowest BCUT2D eigenvalue weighted by molar-refractivity contribution is 0.101. The number of Topliss-reactive ketones (excluding diaryl/α,β-unsaturated/α-hetero) is 1. The number of carbonyl (C=O) groups excluding carboxylic acids is 1. The molecule has 4 heteroatoms. The average molecular weight is 237 g/mol. The molecule has 0 saturated carbocycles. The summed E-state index contributed by atoms with van der Waals surface area (Å²) in [4.78, 5) is 14.0. The quantitative estimate of drug-likeness (QED) is 0.335. The van der Waals surface area contributed by atoms with Gasteiger partial charge >= 0.3 is 0 Å². The third-order valence-electron chi connectivity index (χ3n) is 2.66. The number of nitrogens with zero attached hydrogens (tertiary/aromatic N) is 3. The molecule has 0 aliphatic carbocycles. The molecule has 0 spiro atoms. The van der Waals surface area contributed by atoms with Crippen molar-refractivity contribution >= 4 is 11.5 Å². The predicted molar refractivity (Wildman–Crippen MR) is 70.7 cm³/mol. The van der Waals surface area contributed by atoms with Crippen molar-refractivity contribution in [3.63, 3.8) is 0 Å². The standard InChI is InChI=1S/C14H11N3O/c1-10(18)11-6-8-12(9-7-11)13-4-2-3-5-14(13)16-17-15/h2-9H,1H3. The summed E-state index contributed by atoms with van der Waals surface area (Å²) in [6, 6.07) is 14.6. The molecular formula is C14H11N3O. The summed E-state index contributed by atoms with van der Waals surface area (Å²) >= 11 is 0. The number of azide groups is 1. The fourth-order valence-electron chi connectivity index (χ4n) is 1.74. The van der Waals surface area contributed by atoms with Crippen LogP contribution in [0.3, 0.4) is 0 Å². The average Bonchev–Trinajstić information content (AvgIpc) is 2.40. The zero-order valence-corrected chi connectivity index (χ0v) is 9.87. The van der Waals surface area contributed by atoms with Crippen LogP contribution < -0.4 is 0 Å². The Morgan fingerprint density at radius 2 is 1.78 bits per heavy atom. The van der Waals surface area contributed by atoms with Crippen molar-refractivity contribution in [1.29, 1.82) is 0 Å². The van der Waals surface area contributed by atoms with Crippen LogP contribution in [0, 0.1) is 0 Å². The van der Waals surface area contributed by atoms with Crippen molar-refractivity contribution in [1.82, 2.24) is 0 Å². The highest BCUT2D eigenvalue weighted by atomic mass is 16.1.